The van der Waals surface area contributed by atoms with Gasteiger partial charge in [-0.25, -0.2) is 9.59 Å². The van der Waals surface area contributed by atoms with Crippen molar-refractivity contribution < 1.29 is 110 Å². The number of carbonyl (C=O) groups excluding carboxylic acids is 4. The summed E-state index contributed by atoms with van der Waals surface area (Å²) in [5.74, 6) is -3.05. The van der Waals surface area contributed by atoms with Gasteiger partial charge in [0.1, 0.15) is 74.1 Å². The Morgan fingerprint density at radius 1 is 0.619 bits per heavy atom. The number of aliphatic hydroxyl groups excluding tert-OH is 10. The maximum Gasteiger partial charge on any atom is 0.408 e. The molecular formula is C40H63N4O18Pd-. The zero-order chi connectivity index (χ0) is 46.2. The number of amides is 3. The van der Waals surface area contributed by atoms with Gasteiger partial charge in [-0.05, 0) is 24.0 Å². The number of esters is 1. The molecule has 23 heteroatoms. The fraction of sp³-hybridized carbons (Fsp3) is 0.550. The van der Waals surface area contributed by atoms with Crippen molar-refractivity contribution in [3.8, 4) is 0 Å². The molecule has 0 fully saturated rings. The number of carboxylic acid groups (broad SMARTS) is 1. The largest absolute Gasteiger partial charge is 0.480 e. The first-order valence-corrected chi connectivity index (χ1v) is 19.0. The quantitative estimate of drug-likeness (QED) is 0.0258. The number of alkyl carbamates (subject to hydrolysis) is 1. The predicted molar refractivity (Wildman–Crippen MR) is 218 cm³/mol. The molecule has 2 aromatic carbocycles. The van der Waals surface area contributed by atoms with E-state index in [0.717, 1.165) is 20.9 Å². The molecule has 0 aromatic heterocycles. The van der Waals surface area contributed by atoms with Crippen LogP contribution in [0.3, 0.4) is 0 Å². The first kappa shape index (κ1) is 60.9. The van der Waals surface area contributed by atoms with Crippen molar-refractivity contribution in [3.63, 3.8) is 0 Å². The molecule has 0 spiro atoms. The topological polar surface area (TPSA) is 371 Å². The number of hydrogen-bond acceptors (Lipinski definition) is 18. The molecule has 2 aromatic rings. The predicted octanol–water partition coefficient (Wildman–Crippen LogP) is -3.78. The van der Waals surface area contributed by atoms with Crippen molar-refractivity contribution in [2.24, 2.45) is 5.73 Å². The number of nitrogens with two attached hydrogens (primary N) is 1. The van der Waals surface area contributed by atoms with Crippen LogP contribution in [0.2, 0.25) is 0 Å². The second-order valence-corrected chi connectivity index (χ2v) is 14.0. The number of carboxylic acids is 1. The van der Waals surface area contributed by atoms with Crippen LogP contribution in [0.15, 0.2) is 60.7 Å². The molecule has 63 heavy (non-hydrogen) atoms. The molecule has 0 aliphatic carbocycles. The van der Waals surface area contributed by atoms with Crippen LogP contribution in [-0.4, -0.2) is 197 Å². The Kier molecular flexibility index (Phi) is 31.4. The average molecular weight is 994 g/mol. The summed E-state index contributed by atoms with van der Waals surface area (Å²) in [7, 11) is 2.65. The van der Waals surface area contributed by atoms with Crippen molar-refractivity contribution in [2.45, 2.75) is 99.8 Å². The minimum absolute atomic E-state index is 0. The third-order valence-corrected chi connectivity index (χ3v) is 9.07. The number of aliphatic carboxylic acids is 1. The van der Waals surface area contributed by atoms with Gasteiger partial charge in [0.05, 0.1) is 13.2 Å². The van der Waals surface area contributed by atoms with E-state index in [9.17, 15) is 59.7 Å². The number of rotatable bonds is 25. The van der Waals surface area contributed by atoms with E-state index >= 15 is 0 Å². The Balaban J connectivity index is 0. The number of nitrogens with zero attached hydrogens (tertiary/aromatic N) is 2. The molecular weight excluding hydrogens is 931 g/mol. The van der Waals surface area contributed by atoms with Crippen LogP contribution in [0.5, 0.6) is 0 Å². The van der Waals surface area contributed by atoms with Crippen LogP contribution in [-0.2, 0) is 62.3 Å². The summed E-state index contributed by atoms with van der Waals surface area (Å²) in [6.07, 6.45) is -15.2. The summed E-state index contributed by atoms with van der Waals surface area (Å²) in [6, 6.07) is 15.4. The van der Waals surface area contributed by atoms with Gasteiger partial charge in [-0.2, -0.15) is 0 Å². The Hall–Kier alpha value is -4.19. The SMILES string of the molecule is CN(C[C@H](O)[C@@H](O)[C@H](O)[C@H](O)CO)C(=O)CC[C@H](N)C(=O)O.CN(C[C@H](O)[C@@H](O)[C@H](O)[C@H](O)CO)C(=O)CC[C@H](NC(=O)OCc1ccccc1)C(=O)OCc1ccccc1.[CH3-].[Pd]. The maximum atomic E-state index is 12.8. The van der Waals surface area contributed by atoms with Crippen molar-refractivity contribution in [2.75, 3.05) is 40.4 Å². The van der Waals surface area contributed by atoms with E-state index < -0.39 is 111 Å². The van der Waals surface area contributed by atoms with Crippen LogP contribution in [0.4, 0.5) is 4.79 Å². The summed E-state index contributed by atoms with van der Waals surface area (Å²) in [6.45, 7) is -2.47. The number of benzene rings is 2. The molecule has 22 nitrogen and oxygen atoms in total. The molecule has 0 saturated heterocycles. The van der Waals surface area contributed by atoms with E-state index in [-0.39, 0.29) is 73.3 Å². The fourth-order valence-corrected chi connectivity index (χ4v) is 5.14. The minimum Gasteiger partial charge on any atom is -0.480 e. The summed E-state index contributed by atoms with van der Waals surface area (Å²) < 4.78 is 10.5. The molecule has 0 saturated carbocycles. The molecule has 10 atom stereocenters. The number of aliphatic hydroxyl groups is 10. The Labute approximate surface area is 379 Å². The van der Waals surface area contributed by atoms with E-state index in [2.05, 4.69) is 5.32 Å². The van der Waals surface area contributed by atoms with E-state index in [1.807, 2.05) is 12.1 Å². The van der Waals surface area contributed by atoms with Crippen LogP contribution in [0, 0.1) is 7.43 Å². The second-order valence-electron chi connectivity index (χ2n) is 14.0. The van der Waals surface area contributed by atoms with Gasteiger partial charge in [-0.1, -0.05) is 60.7 Å². The van der Waals surface area contributed by atoms with E-state index in [1.165, 1.54) is 14.1 Å². The first-order chi connectivity index (χ1) is 28.7. The molecule has 0 radical (unpaired) electrons. The molecule has 3 amide bonds. The van der Waals surface area contributed by atoms with E-state index in [0.29, 0.717) is 0 Å². The van der Waals surface area contributed by atoms with Gasteiger partial charge in [0.25, 0.3) is 0 Å². The molecule has 0 heterocycles. The van der Waals surface area contributed by atoms with Gasteiger partial charge in [-0.3, -0.25) is 14.4 Å². The van der Waals surface area contributed by atoms with Crippen molar-refractivity contribution in [1.29, 1.82) is 0 Å². The number of carbonyl (C=O) groups is 5. The molecule has 0 bridgehead atoms. The monoisotopic (exact) mass is 993 g/mol. The number of ether oxygens (including phenoxy) is 2. The van der Waals surface area contributed by atoms with Gasteiger partial charge >= 0.3 is 18.0 Å². The van der Waals surface area contributed by atoms with Crippen LogP contribution >= 0.6 is 0 Å². The molecule has 2 rings (SSSR count). The van der Waals surface area contributed by atoms with Crippen molar-refractivity contribution in [3.05, 3.63) is 79.2 Å². The van der Waals surface area contributed by atoms with Gasteiger partial charge in [0.2, 0.25) is 11.8 Å². The molecule has 0 aliphatic heterocycles. The Bertz CT molecular complexity index is 1600. The van der Waals surface area contributed by atoms with Crippen LogP contribution in [0.1, 0.15) is 36.8 Å². The molecule has 362 valence electrons. The van der Waals surface area contributed by atoms with E-state index in [1.54, 1.807) is 48.5 Å². The van der Waals surface area contributed by atoms with Crippen LogP contribution in [0.25, 0.3) is 0 Å². The minimum atomic E-state index is -1.83. The van der Waals surface area contributed by atoms with Gasteiger partial charge in [-0.15, -0.1) is 0 Å². The zero-order valence-electron chi connectivity index (χ0n) is 35.2. The normalized spacial score (nSPS) is 15.5. The number of likely N-dealkylation sites (N-methyl/N-ethyl adjacent to an activating group) is 2. The van der Waals surface area contributed by atoms with Gasteiger partial charge in [0, 0.05) is 60.4 Å². The third kappa shape index (κ3) is 23.4. The zero-order valence-corrected chi connectivity index (χ0v) is 36.7. The van der Waals surface area contributed by atoms with Crippen molar-refractivity contribution >= 4 is 29.8 Å². The van der Waals surface area contributed by atoms with Crippen molar-refractivity contribution in [1.82, 2.24) is 15.1 Å². The average Bonchev–Trinajstić information content (AvgIpc) is 3.26. The standard InChI is InChI=1S/C27H36N2O10.C12H24N2O8.CH3.Pd/c1-29(14-21(31)24(34)25(35)22(32)15-30)23(33)13-12-20(26(36)38-16-18-8-4-2-5-9-18)28-27(37)39-17-19-10-6-3-7-11-19;1-14(9(18)3-2-6(13)12(21)22)4-7(16)10(19)11(20)8(17)5-15;;/h2-11,20-22,24-25,30-32,34-35H,12-17H2,1H3,(H,28,37);6-8,10-11,15-17,19-20H,2-5,13H2,1H3,(H,21,22);1H3;/q;;-1;/t20-,21-,22+,24+,25+;6-,7-,8+,10+,11+;;/m00../s1. The third-order valence-electron chi connectivity index (χ3n) is 9.07. The summed E-state index contributed by atoms with van der Waals surface area (Å²) >= 11 is 0. The number of hydrogen-bond donors (Lipinski definition) is 13. The van der Waals surface area contributed by atoms with Gasteiger partial charge in [0.15, 0.2) is 0 Å². The Morgan fingerprint density at radius 2 is 0.984 bits per heavy atom. The fourth-order valence-electron chi connectivity index (χ4n) is 5.14. The smallest absolute Gasteiger partial charge is 0.408 e. The van der Waals surface area contributed by atoms with Crippen LogP contribution < -0.4 is 11.1 Å². The van der Waals surface area contributed by atoms with E-state index in [4.69, 9.17) is 35.6 Å². The molecule has 0 unspecified atom stereocenters. The molecule has 0 aliphatic rings. The molecule has 14 N–H and O–H groups in total. The second kappa shape index (κ2) is 32.5. The number of nitrogens with one attached hydrogen (secondary N) is 1. The first-order valence-electron chi connectivity index (χ1n) is 19.0. The summed E-state index contributed by atoms with van der Waals surface area (Å²) in [5.41, 5.74) is 6.73. The maximum absolute atomic E-state index is 12.8. The summed E-state index contributed by atoms with van der Waals surface area (Å²) in [4.78, 5) is 62.2. The van der Waals surface area contributed by atoms with Gasteiger partial charge < -0.3 is 93.9 Å². The summed E-state index contributed by atoms with van der Waals surface area (Å²) in [5, 5.41) is 106. The Morgan fingerprint density at radius 3 is 1.37 bits per heavy atom.